The maximum atomic E-state index is 12.5. The molecule has 2 aromatic rings. The Morgan fingerprint density at radius 2 is 2.08 bits per heavy atom. The lowest BCUT2D eigenvalue weighted by atomic mass is 10.2. The summed E-state index contributed by atoms with van der Waals surface area (Å²) in [5.41, 5.74) is 7.06. The minimum Gasteiger partial charge on any atom is -0.368 e. The van der Waals surface area contributed by atoms with Crippen molar-refractivity contribution >= 4 is 44.9 Å². The number of amides is 3. The van der Waals surface area contributed by atoms with E-state index in [0.29, 0.717) is 24.1 Å². The van der Waals surface area contributed by atoms with Crippen LogP contribution >= 0.6 is 22.7 Å². The number of likely N-dealkylation sites (tertiary alicyclic amines) is 1. The molecule has 138 valence electrons. The molecule has 0 unspecified atom stereocenters. The molecular weight excluding hydrogens is 372 g/mol. The van der Waals surface area contributed by atoms with Crippen LogP contribution in [0, 0.1) is 6.92 Å². The topological polar surface area (TPSA) is 113 Å². The number of nitrogens with zero attached hydrogens (tertiary/aromatic N) is 3. The van der Waals surface area contributed by atoms with Crippen LogP contribution in [-0.4, -0.2) is 45.4 Å². The number of anilines is 2. The van der Waals surface area contributed by atoms with E-state index in [2.05, 4.69) is 20.6 Å². The number of hydrogen-bond acceptors (Lipinski definition) is 7. The van der Waals surface area contributed by atoms with Crippen molar-refractivity contribution in [2.45, 2.75) is 44.7 Å². The van der Waals surface area contributed by atoms with Crippen LogP contribution in [0.25, 0.3) is 10.6 Å². The number of thiazole rings is 2. The molecule has 0 radical (unpaired) electrons. The molecule has 2 aliphatic rings. The molecule has 3 amide bonds. The first-order valence-electron chi connectivity index (χ1n) is 8.58. The van der Waals surface area contributed by atoms with Crippen molar-refractivity contribution in [3.05, 3.63) is 11.1 Å². The van der Waals surface area contributed by atoms with Gasteiger partial charge in [0.15, 0.2) is 10.3 Å². The number of nitrogens with two attached hydrogens (primary N) is 1. The average Bonchev–Trinajstić information content (AvgIpc) is 3.01. The molecule has 26 heavy (non-hydrogen) atoms. The highest BCUT2D eigenvalue weighted by Crippen LogP contribution is 2.36. The summed E-state index contributed by atoms with van der Waals surface area (Å²) in [5, 5.41) is 9.61. The van der Waals surface area contributed by atoms with E-state index in [0.717, 1.165) is 27.8 Å². The van der Waals surface area contributed by atoms with Gasteiger partial charge in [0.05, 0.1) is 16.3 Å². The van der Waals surface area contributed by atoms with Crippen LogP contribution in [0.5, 0.6) is 0 Å². The van der Waals surface area contributed by atoms with Gasteiger partial charge in [0.1, 0.15) is 6.04 Å². The molecule has 2 aromatic heterocycles. The Kier molecular flexibility index (Phi) is 4.53. The van der Waals surface area contributed by atoms with Crippen molar-refractivity contribution in [1.82, 2.24) is 14.9 Å². The van der Waals surface area contributed by atoms with Gasteiger partial charge in [-0.05, 0) is 32.6 Å². The highest BCUT2D eigenvalue weighted by molar-refractivity contribution is 7.19. The second-order valence-corrected chi connectivity index (χ2v) is 8.43. The lowest BCUT2D eigenvalue weighted by Gasteiger charge is -2.21. The number of rotatable bonds is 5. The Labute approximate surface area is 158 Å². The third-order valence-corrected chi connectivity index (χ3v) is 6.36. The Morgan fingerprint density at radius 3 is 2.81 bits per heavy atom. The smallest absolute Gasteiger partial charge is 0.324 e. The fraction of sp³-hybridized carbons (Fsp3) is 0.500. The average molecular weight is 393 g/mol. The Balaban J connectivity index is 1.46. The number of hydrogen-bond donors (Lipinski definition) is 3. The molecule has 8 nitrogen and oxygen atoms in total. The molecule has 1 saturated carbocycles. The summed E-state index contributed by atoms with van der Waals surface area (Å²) < 4.78 is 0. The predicted molar refractivity (Wildman–Crippen MR) is 103 cm³/mol. The number of primary amides is 1. The van der Waals surface area contributed by atoms with Crippen LogP contribution in [-0.2, 0) is 4.79 Å². The van der Waals surface area contributed by atoms with Crippen LogP contribution in [0.2, 0.25) is 0 Å². The Bertz CT molecular complexity index is 844. The molecule has 0 spiro atoms. The van der Waals surface area contributed by atoms with E-state index >= 15 is 0 Å². The number of aromatic nitrogens is 2. The van der Waals surface area contributed by atoms with Gasteiger partial charge < -0.3 is 16.0 Å². The standard InChI is InChI=1S/C16H20N6O2S2/c1-8-12(10-7-25-14(20-10)19-9-4-5-9)26-15(18-8)21-16(24)22-6-2-3-11(22)13(17)23/h7,9,11H,2-6H2,1H3,(H2,17,23)(H,19,20)(H,18,21,24)/t11-/m0/s1. The van der Waals surface area contributed by atoms with Crippen LogP contribution < -0.4 is 16.4 Å². The minimum atomic E-state index is -0.537. The monoisotopic (exact) mass is 392 g/mol. The normalized spacial score (nSPS) is 19.6. The number of aryl methyl sites for hydroxylation is 1. The van der Waals surface area contributed by atoms with Crippen LogP contribution in [0.3, 0.4) is 0 Å². The molecule has 1 aliphatic heterocycles. The zero-order valence-corrected chi connectivity index (χ0v) is 16.0. The maximum Gasteiger partial charge on any atom is 0.324 e. The van der Waals surface area contributed by atoms with Gasteiger partial charge in [-0.1, -0.05) is 11.3 Å². The van der Waals surface area contributed by atoms with Crippen molar-refractivity contribution in [1.29, 1.82) is 0 Å². The molecule has 0 bridgehead atoms. The Morgan fingerprint density at radius 1 is 1.27 bits per heavy atom. The van der Waals surface area contributed by atoms with Crippen molar-refractivity contribution in [3.63, 3.8) is 0 Å². The molecule has 4 rings (SSSR count). The molecule has 10 heteroatoms. The van der Waals surface area contributed by atoms with E-state index in [1.54, 1.807) is 11.3 Å². The summed E-state index contributed by atoms with van der Waals surface area (Å²) in [6, 6.07) is -0.309. The number of carbonyl (C=O) groups is 2. The Hall–Kier alpha value is -2.20. The van der Waals surface area contributed by atoms with E-state index in [1.165, 1.54) is 29.1 Å². The summed E-state index contributed by atoms with van der Waals surface area (Å²) in [4.78, 5) is 35.4. The van der Waals surface area contributed by atoms with E-state index in [1.807, 2.05) is 12.3 Å². The number of nitrogens with one attached hydrogen (secondary N) is 2. The van der Waals surface area contributed by atoms with Gasteiger partial charge in [0.2, 0.25) is 5.91 Å². The molecule has 0 aromatic carbocycles. The molecule has 3 heterocycles. The zero-order valence-electron chi connectivity index (χ0n) is 14.3. The zero-order chi connectivity index (χ0) is 18.3. The number of urea groups is 1. The summed E-state index contributed by atoms with van der Waals surface area (Å²) >= 11 is 2.97. The van der Waals surface area contributed by atoms with Crippen LogP contribution in [0.1, 0.15) is 31.4 Å². The maximum absolute atomic E-state index is 12.5. The first kappa shape index (κ1) is 17.2. The lowest BCUT2D eigenvalue weighted by molar-refractivity contribution is -0.121. The quantitative estimate of drug-likeness (QED) is 0.724. The van der Waals surface area contributed by atoms with Crippen molar-refractivity contribution in [2.24, 2.45) is 5.73 Å². The molecule has 2 fully saturated rings. The third kappa shape index (κ3) is 3.51. The van der Waals surface area contributed by atoms with Crippen molar-refractivity contribution in [2.75, 3.05) is 17.2 Å². The van der Waals surface area contributed by atoms with E-state index in [4.69, 9.17) is 5.73 Å². The van der Waals surface area contributed by atoms with E-state index < -0.39 is 11.9 Å². The molecule has 1 atom stereocenters. The van der Waals surface area contributed by atoms with Gasteiger partial charge in [-0.2, -0.15) is 0 Å². The molecule has 1 saturated heterocycles. The summed E-state index contributed by atoms with van der Waals surface area (Å²) in [7, 11) is 0. The van der Waals surface area contributed by atoms with E-state index in [-0.39, 0.29) is 6.03 Å². The van der Waals surface area contributed by atoms with Gasteiger partial charge in [-0.15, -0.1) is 11.3 Å². The van der Waals surface area contributed by atoms with E-state index in [9.17, 15) is 9.59 Å². The highest BCUT2D eigenvalue weighted by Gasteiger charge is 2.33. The molecule has 1 aliphatic carbocycles. The van der Waals surface area contributed by atoms with Crippen molar-refractivity contribution in [3.8, 4) is 10.6 Å². The third-order valence-electron chi connectivity index (χ3n) is 4.49. The fourth-order valence-corrected chi connectivity index (χ4v) is 4.77. The van der Waals surface area contributed by atoms with Gasteiger partial charge >= 0.3 is 6.03 Å². The summed E-state index contributed by atoms with van der Waals surface area (Å²) in [5.74, 6) is -0.466. The molecule has 4 N–H and O–H groups in total. The number of carbonyl (C=O) groups excluding carboxylic acids is 2. The minimum absolute atomic E-state index is 0.332. The van der Waals surface area contributed by atoms with Gasteiger partial charge in [-0.3, -0.25) is 10.1 Å². The van der Waals surface area contributed by atoms with Gasteiger partial charge in [0, 0.05) is 18.0 Å². The van der Waals surface area contributed by atoms with Gasteiger partial charge in [-0.25, -0.2) is 14.8 Å². The largest absolute Gasteiger partial charge is 0.368 e. The first-order chi connectivity index (χ1) is 12.5. The summed E-state index contributed by atoms with van der Waals surface area (Å²) in [6.07, 6.45) is 3.79. The van der Waals surface area contributed by atoms with Crippen molar-refractivity contribution < 1.29 is 9.59 Å². The highest BCUT2D eigenvalue weighted by atomic mass is 32.1. The van der Waals surface area contributed by atoms with Gasteiger partial charge in [0.25, 0.3) is 0 Å². The molecular formula is C16H20N6O2S2. The lowest BCUT2D eigenvalue weighted by Crippen LogP contribution is -2.45. The van der Waals surface area contributed by atoms with Crippen LogP contribution in [0.15, 0.2) is 5.38 Å². The first-order valence-corrected chi connectivity index (χ1v) is 10.3. The van der Waals surface area contributed by atoms with Crippen LogP contribution in [0.4, 0.5) is 15.1 Å². The second kappa shape index (κ2) is 6.84. The SMILES string of the molecule is Cc1nc(NC(=O)N2CCC[C@H]2C(N)=O)sc1-c1csc(NC2CC2)n1. The summed E-state index contributed by atoms with van der Waals surface area (Å²) in [6.45, 7) is 2.43. The second-order valence-electron chi connectivity index (χ2n) is 6.57. The predicted octanol–water partition coefficient (Wildman–Crippen LogP) is 2.63. The fourth-order valence-electron chi connectivity index (χ4n) is 3.00.